The molecule has 1 heterocycles. The molecule has 0 atom stereocenters. The van der Waals surface area contributed by atoms with Gasteiger partial charge in [0.1, 0.15) is 5.82 Å². The zero-order valence-corrected chi connectivity index (χ0v) is 8.31. The third-order valence-electron chi connectivity index (χ3n) is 1.74. The highest BCUT2D eigenvalue weighted by Gasteiger charge is 2.04. The maximum absolute atomic E-state index is 12.6. The highest BCUT2D eigenvalue weighted by atomic mass is 32.1. The van der Waals surface area contributed by atoms with Crippen molar-refractivity contribution in [3.8, 4) is 11.4 Å². The molecule has 0 unspecified atom stereocenters. The van der Waals surface area contributed by atoms with Gasteiger partial charge in [0.25, 0.3) is 0 Å². The number of halogens is 1. The van der Waals surface area contributed by atoms with Crippen molar-refractivity contribution in [3.05, 3.63) is 30.1 Å². The fourth-order valence-electron chi connectivity index (χ4n) is 1.04. The molecule has 0 bridgehead atoms. The molecule has 1 aromatic carbocycles. The molecule has 1 aromatic heterocycles. The van der Waals surface area contributed by atoms with Crippen LogP contribution in [0, 0.1) is 5.82 Å². The lowest BCUT2D eigenvalue weighted by Crippen LogP contribution is -1.86. The Hall–Kier alpha value is -1.49. The number of benzene rings is 1. The third-order valence-corrected chi connectivity index (χ3v) is 2.47. The van der Waals surface area contributed by atoms with Crippen LogP contribution in [0.25, 0.3) is 11.4 Å². The molecule has 0 aliphatic heterocycles. The van der Waals surface area contributed by atoms with Gasteiger partial charge in [-0.05, 0) is 24.3 Å². The van der Waals surface area contributed by atoms with Crippen molar-refractivity contribution < 1.29 is 4.39 Å². The van der Waals surface area contributed by atoms with E-state index in [0.717, 1.165) is 10.7 Å². The number of nitrogens with one attached hydrogen (secondary N) is 1. The Labute approximate surface area is 84.8 Å². The molecule has 0 aliphatic carbocycles. The molecule has 14 heavy (non-hydrogen) atoms. The van der Waals surface area contributed by atoms with Crippen LogP contribution in [-0.2, 0) is 0 Å². The summed E-state index contributed by atoms with van der Waals surface area (Å²) in [5, 5.41) is 3.65. The van der Waals surface area contributed by atoms with Gasteiger partial charge in [-0.15, -0.1) is 0 Å². The van der Waals surface area contributed by atoms with Crippen LogP contribution in [0.5, 0.6) is 0 Å². The summed E-state index contributed by atoms with van der Waals surface area (Å²) in [5.41, 5.74) is 0.823. The number of rotatable bonds is 2. The molecular formula is C9H8FN3S. The summed E-state index contributed by atoms with van der Waals surface area (Å²) in [7, 11) is 1.79. The first-order valence-corrected chi connectivity index (χ1v) is 4.84. The van der Waals surface area contributed by atoms with Gasteiger partial charge in [0, 0.05) is 24.1 Å². The van der Waals surface area contributed by atoms with Gasteiger partial charge in [-0.3, -0.25) is 0 Å². The number of hydrogen-bond acceptors (Lipinski definition) is 4. The molecule has 0 saturated heterocycles. The molecule has 2 rings (SSSR count). The average molecular weight is 209 g/mol. The van der Waals surface area contributed by atoms with Crippen molar-refractivity contribution in [2.24, 2.45) is 0 Å². The molecule has 0 aliphatic rings. The van der Waals surface area contributed by atoms with Gasteiger partial charge in [-0.25, -0.2) is 4.39 Å². The van der Waals surface area contributed by atoms with Crippen molar-refractivity contribution in [2.75, 3.05) is 12.4 Å². The summed E-state index contributed by atoms with van der Waals surface area (Å²) >= 11 is 1.28. The van der Waals surface area contributed by atoms with E-state index in [0.29, 0.717) is 5.82 Å². The van der Waals surface area contributed by atoms with Crippen LogP contribution in [0.2, 0.25) is 0 Å². The Balaban J connectivity index is 2.34. The first-order valence-electron chi connectivity index (χ1n) is 4.07. The lowest BCUT2D eigenvalue weighted by molar-refractivity contribution is 0.628. The van der Waals surface area contributed by atoms with Crippen molar-refractivity contribution >= 4 is 16.7 Å². The second-order valence-corrected chi connectivity index (χ2v) is 3.43. The summed E-state index contributed by atoms with van der Waals surface area (Å²) in [6.07, 6.45) is 0. The van der Waals surface area contributed by atoms with Crippen LogP contribution >= 0.6 is 11.5 Å². The number of aromatic nitrogens is 2. The van der Waals surface area contributed by atoms with E-state index in [1.807, 2.05) is 0 Å². The van der Waals surface area contributed by atoms with Crippen LogP contribution < -0.4 is 5.32 Å². The normalized spacial score (nSPS) is 10.1. The first-order chi connectivity index (χ1) is 6.79. The smallest absolute Gasteiger partial charge is 0.202 e. The van der Waals surface area contributed by atoms with E-state index in [4.69, 9.17) is 0 Å². The molecule has 0 saturated carbocycles. The number of nitrogens with zero attached hydrogens (tertiary/aromatic N) is 2. The second-order valence-electron chi connectivity index (χ2n) is 2.68. The van der Waals surface area contributed by atoms with Crippen molar-refractivity contribution in [1.82, 2.24) is 9.36 Å². The quantitative estimate of drug-likeness (QED) is 0.825. The topological polar surface area (TPSA) is 37.8 Å². The Morgan fingerprint density at radius 2 is 2.00 bits per heavy atom. The third kappa shape index (κ3) is 1.72. The van der Waals surface area contributed by atoms with Crippen LogP contribution in [0.1, 0.15) is 0 Å². The molecule has 0 amide bonds. The fourth-order valence-corrected chi connectivity index (χ4v) is 1.58. The van der Waals surface area contributed by atoms with Crippen molar-refractivity contribution in [1.29, 1.82) is 0 Å². The van der Waals surface area contributed by atoms with Crippen LogP contribution in [0.3, 0.4) is 0 Å². The Morgan fingerprint density at radius 1 is 1.29 bits per heavy atom. The summed E-state index contributed by atoms with van der Waals surface area (Å²) in [4.78, 5) is 4.20. The summed E-state index contributed by atoms with van der Waals surface area (Å²) in [5.74, 6) is 0.372. The summed E-state index contributed by atoms with van der Waals surface area (Å²) in [6.45, 7) is 0. The second kappa shape index (κ2) is 3.71. The van der Waals surface area contributed by atoms with E-state index in [1.165, 1.54) is 23.7 Å². The Bertz CT molecular complexity index is 424. The Morgan fingerprint density at radius 3 is 2.57 bits per heavy atom. The van der Waals surface area contributed by atoms with Crippen molar-refractivity contribution in [3.63, 3.8) is 0 Å². The van der Waals surface area contributed by atoms with Gasteiger partial charge < -0.3 is 5.32 Å². The zero-order valence-electron chi connectivity index (χ0n) is 7.49. The van der Waals surface area contributed by atoms with E-state index in [-0.39, 0.29) is 5.82 Å². The van der Waals surface area contributed by atoms with E-state index in [2.05, 4.69) is 14.7 Å². The minimum Gasteiger partial charge on any atom is -0.363 e. The maximum atomic E-state index is 12.6. The van der Waals surface area contributed by atoms with Crippen molar-refractivity contribution in [2.45, 2.75) is 0 Å². The fraction of sp³-hybridized carbons (Fsp3) is 0.111. The lowest BCUT2D eigenvalue weighted by atomic mass is 10.2. The largest absolute Gasteiger partial charge is 0.363 e. The van der Waals surface area contributed by atoms with E-state index in [1.54, 1.807) is 19.2 Å². The molecule has 5 heteroatoms. The number of anilines is 1. The monoisotopic (exact) mass is 209 g/mol. The Kier molecular flexibility index (Phi) is 2.41. The first kappa shape index (κ1) is 9.08. The van der Waals surface area contributed by atoms with Crippen LogP contribution in [0.15, 0.2) is 24.3 Å². The molecule has 0 spiro atoms. The van der Waals surface area contributed by atoms with E-state index >= 15 is 0 Å². The lowest BCUT2D eigenvalue weighted by Gasteiger charge is -1.93. The zero-order chi connectivity index (χ0) is 9.97. The highest BCUT2D eigenvalue weighted by molar-refractivity contribution is 7.09. The van der Waals surface area contributed by atoms with Gasteiger partial charge in [-0.1, -0.05) is 0 Å². The van der Waals surface area contributed by atoms with Gasteiger partial charge >= 0.3 is 0 Å². The predicted molar refractivity (Wildman–Crippen MR) is 54.8 cm³/mol. The minimum absolute atomic E-state index is 0.252. The minimum atomic E-state index is -0.252. The molecule has 0 radical (unpaired) electrons. The molecule has 3 nitrogen and oxygen atoms in total. The highest BCUT2D eigenvalue weighted by Crippen LogP contribution is 2.20. The molecule has 72 valence electrons. The average Bonchev–Trinajstić information content (AvgIpc) is 2.67. The molecule has 0 fully saturated rings. The van der Waals surface area contributed by atoms with Gasteiger partial charge in [0.05, 0.1) is 0 Å². The van der Waals surface area contributed by atoms with Gasteiger partial charge in [0.15, 0.2) is 5.82 Å². The SMILES string of the molecule is CNc1nc(-c2ccc(F)cc2)ns1. The summed E-state index contributed by atoms with van der Waals surface area (Å²) in [6, 6.07) is 6.12. The van der Waals surface area contributed by atoms with Crippen LogP contribution in [-0.4, -0.2) is 16.4 Å². The molecule has 2 aromatic rings. The van der Waals surface area contributed by atoms with Gasteiger partial charge in [-0.2, -0.15) is 9.36 Å². The van der Waals surface area contributed by atoms with E-state index in [9.17, 15) is 4.39 Å². The van der Waals surface area contributed by atoms with Gasteiger partial charge in [0.2, 0.25) is 5.13 Å². The predicted octanol–water partition coefficient (Wildman–Crippen LogP) is 2.39. The standard InChI is InChI=1S/C9H8FN3S/c1-11-9-12-8(13-14-9)6-2-4-7(10)5-3-6/h2-5H,1H3,(H,11,12,13). The van der Waals surface area contributed by atoms with Crippen LogP contribution in [0.4, 0.5) is 9.52 Å². The molecular weight excluding hydrogens is 201 g/mol. The number of hydrogen-bond donors (Lipinski definition) is 1. The van der Waals surface area contributed by atoms with E-state index < -0.39 is 0 Å². The maximum Gasteiger partial charge on any atom is 0.202 e. The molecule has 1 N–H and O–H groups in total. The summed E-state index contributed by atoms with van der Waals surface area (Å²) < 4.78 is 16.8.